The Kier molecular flexibility index (Phi) is 7.61. The second-order valence-corrected chi connectivity index (χ2v) is 6.40. The summed E-state index contributed by atoms with van der Waals surface area (Å²) in [6.45, 7) is 8.28. The van der Waals surface area contributed by atoms with Crippen LogP contribution in [0.15, 0.2) is 48.5 Å². The molecule has 2 rings (SSSR count). The van der Waals surface area contributed by atoms with Crippen molar-refractivity contribution in [2.75, 3.05) is 32.2 Å². The Labute approximate surface area is 151 Å². The van der Waals surface area contributed by atoms with Crippen LogP contribution in [0.5, 0.6) is 11.5 Å². The highest BCUT2D eigenvalue weighted by Crippen LogP contribution is 2.20. The molecule has 2 aromatic rings. The first-order valence-electron chi connectivity index (χ1n) is 8.80. The van der Waals surface area contributed by atoms with Crippen LogP contribution < -0.4 is 14.8 Å². The van der Waals surface area contributed by atoms with E-state index in [1.165, 1.54) is 5.56 Å². The van der Waals surface area contributed by atoms with Crippen molar-refractivity contribution in [3.05, 3.63) is 54.1 Å². The van der Waals surface area contributed by atoms with E-state index in [2.05, 4.69) is 38.2 Å². The SMILES string of the molecule is COCCOc1cccc(NCC(C)Oc2ccc(C(C)C)cc2)c1. The standard InChI is InChI=1S/C21H29NO3/c1-16(2)18-8-10-20(11-9-18)25-17(3)15-22-19-6-5-7-21(14-19)24-13-12-23-4/h5-11,14,16-17,22H,12-13,15H2,1-4H3. The van der Waals surface area contributed by atoms with Crippen LogP contribution in [0.2, 0.25) is 0 Å². The van der Waals surface area contributed by atoms with E-state index in [9.17, 15) is 0 Å². The lowest BCUT2D eigenvalue weighted by Crippen LogP contribution is -2.22. The largest absolute Gasteiger partial charge is 0.491 e. The van der Waals surface area contributed by atoms with E-state index in [1.807, 2.05) is 36.4 Å². The second-order valence-electron chi connectivity index (χ2n) is 6.40. The number of rotatable bonds is 10. The minimum Gasteiger partial charge on any atom is -0.491 e. The smallest absolute Gasteiger partial charge is 0.121 e. The zero-order valence-corrected chi connectivity index (χ0v) is 15.6. The number of hydrogen-bond acceptors (Lipinski definition) is 4. The summed E-state index contributed by atoms with van der Waals surface area (Å²) in [5.74, 6) is 2.27. The Bertz CT molecular complexity index is 625. The van der Waals surface area contributed by atoms with Crippen LogP contribution in [0.25, 0.3) is 0 Å². The van der Waals surface area contributed by atoms with Gasteiger partial charge in [-0.15, -0.1) is 0 Å². The van der Waals surface area contributed by atoms with Crippen molar-refractivity contribution in [3.63, 3.8) is 0 Å². The molecule has 0 saturated heterocycles. The molecule has 0 saturated carbocycles. The van der Waals surface area contributed by atoms with Gasteiger partial charge in [0.25, 0.3) is 0 Å². The van der Waals surface area contributed by atoms with Gasteiger partial charge in [-0.2, -0.15) is 0 Å². The highest BCUT2D eigenvalue weighted by atomic mass is 16.5. The molecule has 0 aliphatic carbocycles. The lowest BCUT2D eigenvalue weighted by Gasteiger charge is -2.17. The molecule has 0 amide bonds. The maximum absolute atomic E-state index is 5.97. The molecule has 0 aliphatic heterocycles. The molecule has 4 heteroatoms. The van der Waals surface area contributed by atoms with Crippen LogP contribution in [0, 0.1) is 0 Å². The molecule has 0 radical (unpaired) electrons. The van der Waals surface area contributed by atoms with Gasteiger partial charge in [0, 0.05) is 18.9 Å². The molecule has 2 aromatic carbocycles. The Morgan fingerprint density at radius 2 is 1.68 bits per heavy atom. The second kappa shape index (κ2) is 9.94. The van der Waals surface area contributed by atoms with Crippen LogP contribution in [0.1, 0.15) is 32.3 Å². The summed E-state index contributed by atoms with van der Waals surface area (Å²) in [5.41, 5.74) is 2.34. The Hall–Kier alpha value is -2.20. The quantitative estimate of drug-likeness (QED) is 0.634. The molecule has 0 aromatic heterocycles. The van der Waals surface area contributed by atoms with Crippen LogP contribution in [-0.4, -0.2) is 33.0 Å². The molecule has 0 bridgehead atoms. The first-order valence-corrected chi connectivity index (χ1v) is 8.80. The summed E-state index contributed by atoms with van der Waals surface area (Å²) >= 11 is 0. The lowest BCUT2D eigenvalue weighted by atomic mass is 10.0. The predicted octanol–water partition coefficient (Wildman–Crippen LogP) is 4.71. The molecule has 1 atom stereocenters. The first kappa shape index (κ1) is 19.1. The molecule has 25 heavy (non-hydrogen) atoms. The third kappa shape index (κ3) is 6.67. The van der Waals surface area contributed by atoms with E-state index in [1.54, 1.807) is 7.11 Å². The average molecular weight is 343 g/mol. The van der Waals surface area contributed by atoms with Gasteiger partial charge in [0.2, 0.25) is 0 Å². The minimum atomic E-state index is 0.0583. The topological polar surface area (TPSA) is 39.7 Å². The summed E-state index contributed by atoms with van der Waals surface area (Å²) in [7, 11) is 1.67. The van der Waals surface area contributed by atoms with Gasteiger partial charge in [0.1, 0.15) is 24.2 Å². The first-order chi connectivity index (χ1) is 12.1. The molecular formula is C21H29NO3. The Balaban J connectivity index is 1.81. The monoisotopic (exact) mass is 343 g/mol. The van der Waals surface area contributed by atoms with Crippen molar-refractivity contribution in [2.24, 2.45) is 0 Å². The Morgan fingerprint density at radius 3 is 2.36 bits per heavy atom. The summed E-state index contributed by atoms with van der Waals surface area (Å²) in [6.07, 6.45) is 0.0583. The summed E-state index contributed by atoms with van der Waals surface area (Å²) < 4.78 is 16.6. The number of hydrogen-bond donors (Lipinski definition) is 1. The molecule has 0 heterocycles. The molecule has 1 N–H and O–H groups in total. The van der Waals surface area contributed by atoms with Crippen molar-refractivity contribution < 1.29 is 14.2 Å². The highest BCUT2D eigenvalue weighted by Gasteiger charge is 2.06. The van der Waals surface area contributed by atoms with Gasteiger partial charge in [-0.25, -0.2) is 0 Å². The summed E-state index contributed by atoms with van der Waals surface area (Å²) in [6, 6.07) is 16.2. The molecule has 4 nitrogen and oxygen atoms in total. The van der Waals surface area contributed by atoms with E-state index < -0.39 is 0 Å². The van der Waals surface area contributed by atoms with Crippen molar-refractivity contribution >= 4 is 5.69 Å². The molecule has 0 fully saturated rings. The van der Waals surface area contributed by atoms with Crippen LogP contribution in [0.4, 0.5) is 5.69 Å². The fourth-order valence-electron chi connectivity index (χ4n) is 2.41. The van der Waals surface area contributed by atoms with Gasteiger partial charge in [0.05, 0.1) is 13.2 Å². The lowest BCUT2D eigenvalue weighted by molar-refractivity contribution is 0.146. The van der Waals surface area contributed by atoms with Gasteiger partial charge >= 0.3 is 0 Å². The van der Waals surface area contributed by atoms with Crippen molar-refractivity contribution in [3.8, 4) is 11.5 Å². The average Bonchev–Trinajstić information content (AvgIpc) is 2.61. The number of ether oxygens (including phenoxy) is 3. The van der Waals surface area contributed by atoms with Crippen LogP contribution >= 0.6 is 0 Å². The maximum Gasteiger partial charge on any atom is 0.121 e. The maximum atomic E-state index is 5.97. The third-order valence-electron chi connectivity index (χ3n) is 3.87. The van der Waals surface area contributed by atoms with Gasteiger partial charge in [0.15, 0.2) is 0 Å². The molecular weight excluding hydrogens is 314 g/mol. The van der Waals surface area contributed by atoms with Gasteiger partial charge in [-0.3, -0.25) is 0 Å². The predicted molar refractivity (Wildman–Crippen MR) is 103 cm³/mol. The van der Waals surface area contributed by atoms with Gasteiger partial charge in [-0.05, 0) is 42.7 Å². The number of nitrogens with one attached hydrogen (secondary N) is 1. The van der Waals surface area contributed by atoms with Gasteiger partial charge < -0.3 is 19.5 Å². The van der Waals surface area contributed by atoms with Gasteiger partial charge in [-0.1, -0.05) is 32.0 Å². The molecule has 0 aliphatic rings. The molecule has 0 spiro atoms. The number of anilines is 1. The van der Waals surface area contributed by atoms with E-state index in [-0.39, 0.29) is 6.10 Å². The van der Waals surface area contributed by atoms with Crippen molar-refractivity contribution in [1.29, 1.82) is 0 Å². The molecule has 1 unspecified atom stereocenters. The summed E-state index contributed by atoms with van der Waals surface area (Å²) in [5, 5.41) is 3.39. The van der Waals surface area contributed by atoms with Crippen LogP contribution in [-0.2, 0) is 4.74 Å². The highest BCUT2D eigenvalue weighted by molar-refractivity contribution is 5.48. The molecule has 136 valence electrons. The normalized spacial score (nSPS) is 12.0. The van der Waals surface area contributed by atoms with Crippen LogP contribution in [0.3, 0.4) is 0 Å². The fraction of sp³-hybridized carbons (Fsp3) is 0.429. The number of benzene rings is 2. The van der Waals surface area contributed by atoms with E-state index >= 15 is 0 Å². The number of methoxy groups -OCH3 is 1. The van der Waals surface area contributed by atoms with E-state index in [0.717, 1.165) is 17.2 Å². The summed E-state index contributed by atoms with van der Waals surface area (Å²) in [4.78, 5) is 0. The van der Waals surface area contributed by atoms with Crippen molar-refractivity contribution in [1.82, 2.24) is 0 Å². The minimum absolute atomic E-state index is 0.0583. The van der Waals surface area contributed by atoms with E-state index in [4.69, 9.17) is 14.2 Å². The fourth-order valence-corrected chi connectivity index (χ4v) is 2.41. The van der Waals surface area contributed by atoms with Crippen molar-refractivity contribution in [2.45, 2.75) is 32.8 Å². The third-order valence-corrected chi connectivity index (χ3v) is 3.87. The Morgan fingerprint density at radius 1 is 0.920 bits per heavy atom. The zero-order chi connectivity index (χ0) is 18.1. The zero-order valence-electron chi connectivity index (χ0n) is 15.6. The van der Waals surface area contributed by atoms with E-state index in [0.29, 0.717) is 25.7 Å².